The molecule has 2 heterocycles. The average Bonchev–Trinajstić information content (AvgIpc) is 2.82. The summed E-state index contributed by atoms with van der Waals surface area (Å²) >= 11 is 0. The Morgan fingerprint density at radius 2 is 1.79 bits per heavy atom. The van der Waals surface area contributed by atoms with Crippen LogP contribution in [0.3, 0.4) is 0 Å². The first-order chi connectivity index (χ1) is 15.9. The number of aromatic hydroxyl groups is 1. The molecule has 0 spiro atoms. The van der Waals surface area contributed by atoms with Crippen LogP contribution in [0, 0.1) is 12.7 Å². The summed E-state index contributed by atoms with van der Waals surface area (Å²) in [5.74, 6) is 0.439. The summed E-state index contributed by atoms with van der Waals surface area (Å²) in [6.07, 6.45) is 0. The molecule has 1 saturated heterocycles. The van der Waals surface area contributed by atoms with E-state index in [1.807, 2.05) is 49.1 Å². The maximum Gasteiger partial charge on any atom is 0.259 e. The van der Waals surface area contributed by atoms with Crippen LogP contribution >= 0.6 is 0 Å². The topological polar surface area (TPSA) is 57.9 Å². The van der Waals surface area contributed by atoms with Gasteiger partial charge in [0.05, 0.1) is 24.4 Å². The smallest absolute Gasteiger partial charge is 0.259 e. The minimum Gasteiger partial charge on any atom is -0.507 e. The van der Waals surface area contributed by atoms with E-state index in [4.69, 9.17) is 4.74 Å². The number of aryl methyl sites for hydroxylation is 1. The van der Waals surface area contributed by atoms with Gasteiger partial charge in [0.15, 0.2) is 0 Å². The van der Waals surface area contributed by atoms with Gasteiger partial charge in [0.1, 0.15) is 17.3 Å². The van der Waals surface area contributed by atoms with Crippen molar-refractivity contribution in [3.05, 3.63) is 87.6 Å². The molecule has 0 amide bonds. The van der Waals surface area contributed by atoms with E-state index in [9.17, 15) is 14.3 Å². The van der Waals surface area contributed by atoms with Crippen LogP contribution in [0.25, 0.3) is 0 Å². The zero-order chi connectivity index (χ0) is 23.5. The summed E-state index contributed by atoms with van der Waals surface area (Å²) in [4.78, 5) is 17.7. The number of piperazine rings is 1. The molecule has 1 aliphatic heterocycles. The van der Waals surface area contributed by atoms with Gasteiger partial charge in [-0.05, 0) is 49.7 Å². The van der Waals surface area contributed by atoms with Crippen LogP contribution in [0.2, 0.25) is 0 Å². The fraction of sp³-hybridized carbons (Fsp3) is 0.346. The van der Waals surface area contributed by atoms with Crippen molar-refractivity contribution in [2.75, 3.05) is 38.2 Å². The monoisotopic (exact) mass is 451 g/mol. The summed E-state index contributed by atoms with van der Waals surface area (Å²) in [5, 5.41) is 10.9. The Balaban J connectivity index is 1.74. The molecule has 0 unspecified atom stereocenters. The van der Waals surface area contributed by atoms with Crippen LogP contribution in [0.1, 0.15) is 29.8 Å². The van der Waals surface area contributed by atoms with Crippen molar-refractivity contribution < 1.29 is 14.2 Å². The third kappa shape index (κ3) is 4.46. The van der Waals surface area contributed by atoms with Gasteiger partial charge < -0.3 is 19.3 Å². The van der Waals surface area contributed by atoms with Crippen LogP contribution in [0.15, 0.2) is 59.4 Å². The van der Waals surface area contributed by atoms with Gasteiger partial charge in [0.25, 0.3) is 5.56 Å². The van der Waals surface area contributed by atoms with Crippen LogP contribution in [-0.2, 0) is 6.54 Å². The highest BCUT2D eigenvalue weighted by Crippen LogP contribution is 2.35. The molecule has 1 aliphatic rings. The number of benzene rings is 2. The third-order valence-electron chi connectivity index (χ3n) is 6.39. The molecule has 6 nitrogen and oxygen atoms in total. The van der Waals surface area contributed by atoms with Gasteiger partial charge in [-0.1, -0.05) is 24.3 Å². The van der Waals surface area contributed by atoms with Crippen molar-refractivity contribution in [3.8, 4) is 11.5 Å². The zero-order valence-corrected chi connectivity index (χ0v) is 19.3. The molecule has 1 atom stereocenters. The molecule has 174 valence electrons. The maximum atomic E-state index is 14.3. The van der Waals surface area contributed by atoms with Crippen molar-refractivity contribution in [2.24, 2.45) is 0 Å². The normalized spacial score (nSPS) is 15.5. The lowest BCUT2D eigenvalue weighted by Crippen LogP contribution is -2.49. The van der Waals surface area contributed by atoms with Gasteiger partial charge in [0, 0.05) is 38.4 Å². The first-order valence-corrected chi connectivity index (χ1v) is 11.2. The maximum absolute atomic E-state index is 14.3. The van der Waals surface area contributed by atoms with Gasteiger partial charge in [-0.25, -0.2) is 4.39 Å². The van der Waals surface area contributed by atoms with E-state index in [2.05, 4.69) is 4.90 Å². The van der Waals surface area contributed by atoms with E-state index in [0.29, 0.717) is 49.7 Å². The van der Waals surface area contributed by atoms with Gasteiger partial charge >= 0.3 is 0 Å². The van der Waals surface area contributed by atoms with Crippen LogP contribution in [0.5, 0.6) is 11.5 Å². The predicted octanol–water partition coefficient (Wildman–Crippen LogP) is 3.94. The molecule has 1 N–H and O–H groups in total. The Morgan fingerprint density at radius 1 is 1.06 bits per heavy atom. The van der Waals surface area contributed by atoms with Crippen LogP contribution < -0.4 is 15.2 Å². The predicted molar refractivity (Wildman–Crippen MR) is 128 cm³/mol. The Hall–Kier alpha value is -3.32. The van der Waals surface area contributed by atoms with E-state index in [1.54, 1.807) is 29.9 Å². The third-order valence-corrected chi connectivity index (χ3v) is 6.39. The number of nitrogens with zero attached hydrogens (tertiary/aromatic N) is 3. The first kappa shape index (κ1) is 22.9. The highest BCUT2D eigenvalue weighted by atomic mass is 19.1. The summed E-state index contributed by atoms with van der Waals surface area (Å²) in [6.45, 7) is 6.69. The van der Waals surface area contributed by atoms with Crippen molar-refractivity contribution in [2.45, 2.75) is 26.4 Å². The lowest BCUT2D eigenvalue weighted by atomic mass is 9.95. The van der Waals surface area contributed by atoms with Gasteiger partial charge in [-0.2, -0.15) is 0 Å². The van der Waals surface area contributed by atoms with E-state index in [-0.39, 0.29) is 17.1 Å². The minimum absolute atomic E-state index is 0.00782. The second kappa shape index (κ2) is 9.67. The molecular formula is C26H30FN3O3. The Morgan fingerprint density at radius 3 is 2.45 bits per heavy atom. The number of hydrogen-bond donors (Lipinski definition) is 1. The quantitative estimate of drug-likeness (QED) is 0.615. The van der Waals surface area contributed by atoms with Gasteiger partial charge in [-0.3, -0.25) is 9.69 Å². The fourth-order valence-electron chi connectivity index (χ4n) is 4.72. The molecule has 7 heteroatoms. The lowest BCUT2D eigenvalue weighted by Gasteiger charge is -2.40. The summed E-state index contributed by atoms with van der Waals surface area (Å²) in [7, 11) is 1.61. The van der Waals surface area contributed by atoms with Crippen molar-refractivity contribution in [1.29, 1.82) is 0 Å². The molecule has 0 saturated carbocycles. The molecule has 1 fully saturated rings. The second-order valence-electron chi connectivity index (χ2n) is 8.29. The van der Waals surface area contributed by atoms with E-state index >= 15 is 0 Å². The molecule has 2 aromatic carbocycles. The average molecular weight is 452 g/mol. The number of para-hydroxylation sites is 1. The number of hydrogen-bond acceptors (Lipinski definition) is 5. The Kier molecular flexibility index (Phi) is 6.70. The number of rotatable bonds is 6. The molecule has 0 aliphatic carbocycles. The number of anilines is 1. The largest absolute Gasteiger partial charge is 0.507 e. The highest BCUT2D eigenvalue weighted by Gasteiger charge is 2.32. The van der Waals surface area contributed by atoms with Crippen molar-refractivity contribution in [1.82, 2.24) is 9.47 Å². The van der Waals surface area contributed by atoms with E-state index < -0.39 is 6.04 Å². The van der Waals surface area contributed by atoms with Gasteiger partial charge in [0.2, 0.25) is 0 Å². The fourth-order valence-corrected chi connectivity index (χ4v) is 4.72. The lowest BCUT2D eigenvalue weighted by molar-refractivity contribution is 0.206. The van der Waals surface area contributed by atoms with E-state index in [1.165, 1.54) is 6.07 Å². The summed E-state index contributed by atoms with van der Waals surface area (Å²) in [5.41, 5.74) is 2.33. The van der Waals surface area contributed by atoms with Gasteiger partial charge in [-0.15, -0.1) is 0 Å². The number of pyridine rings is 1. The van der Waals surface area contributed by atoms with Crippen LogP contribution in [0.4, 0.5) is 10.1 Å². The molecular weight excluding hydrogens is 421 g/mol. The summed E-state index contributed by atoms with van der Waals surface area (Å²) in [6, 6.07) is 15.6. The second-order valence-corrected chi connectivity index (χ2v) is 8.29. The van der Waals surface area contributed by atoms with E-state index in [0.717, 1.165) is 11.3 Å². The SMILES string of the molecule is CCn1c(C)cc(O)c([C@H](c2cccc(OC)c2)N2CCN(c3ccccc3F)CC2)c1=O. The number of ether oxygens (including phenoxy) is 1. The Labute approximate surface area is 193 Å². The zero-order valence-electron chi connectivity index (χ0n) is 19.3. The van der Waals surface area contributed by atoms with Crippen LogP contribution in [-0.4, -0.2) is 47.9 Å². The van der Waals surface area contributed by atoms with Crippen molar-refractivity contribution in [3.63, 3.8) is 0 Å². The number of halogens is 1. The molecule has 4 rings (SSSR count). The minimum atomic E-state index is -0.450. The standard InChI is InChI=1S/C26H30FN3O3/c1-4-30-18(2)16-23(31)24(26(30)32)25(19-8-7-9-20(17-19)33-3)29-14-12-28(13-15-29)22-11-6-5-10-21(22)27/h5-11,16-17,25,31H,4,12-15H2,1-3H3/t25-/m0/s1. The summed E-state index contributed by atoms with van der Waals surface area (Å²) < 4.78 is 21.4. The highest BCUT2D eigenvalue weighted by molar-refractivity contribution is 5.48. The molecule has 0 bridgehead atoms. The van der Waals surface area contributed by atoms with Crippen molar-refractivity contribution >= 4 is 5.69 Å². The molecule has 0 radical (unpaired) electrons. The molecule has 33 heavy (non-hydrogen) atoms. The molecule has 1 aromatic heterocycles. The first-order valence-electron chi connectivity index (χ1n) is 11.2. The molecule has 3 aromatic rings. The Bertz CT molecular complexity index is 1190. The number of methoxy groups -OCH3 is 1. The number of aromatic nitrogens is 1.